The van der Waals surface area contributed by atoms with Crippen LogP contribution in [0.1, 0.15) is 23.2 Å². The Bertz CT molecular complexity index is 1140. The molecule has 0 bridgehead atoms. The average Bonchev–Trinajstić information content (AvgIpc) is 3.35. The molecular weight excluding hydrogens is 420 g/mol. The van der Waals surface area contributed by atoms with Gasteiger partial charge in [-0.1, -0.05) is 54.1 Å². The molecule has 0 spiro atoms. The summed E-state index contributed by atoms with van der Waals surface area (Å²) in [6.45, 7) is 0. The number of nitrogens with one attached hydrogen (secondary N) is 1. The molecule has 0 saturated carbocycles. The molecule has 5 nitrogen and oxygen atoms in total. The van der Waals surface area contributed by atoms with E-state index in [0.717, 1.165) is 28.1 Å². The van der Waals surface area contributed by atoms with E-state index in [1.54, 1.807) is 11.4 Å². The Morgan fingerprint density at radius 3 is 2.83 bits per heavy atom. The van der Waals surface area contributed by atoms with Crippen molar-refractivity contribution >= 4 is 40.4 Å². The van der Waals surface area contributed by atoms with Crippen molar-refractivity contribution in [3.05, 3.63) is 81.8 Å². The lowest BCUT2D eigenvalue weighted by atomic mass is 9.99. The number of nitrogens with zero attached hydrogens (tertiary/aromatic N) is 1. The first-order chi connectivity index (χ1) is 14.5. The highest BCUT2D eigenvalue weighted by molar-refractivity contribution is 7.13. The fourth-order valence-electron chi connectivity index (χ4n) is 3.52. The largest absolute Gasteiger partial charge is 0.480 e. The summed E-state index contributed by atoms with van der Waals surface area (Å²) in [6.07, 6.45) is 3.10. The minimum absolute atomic E-state index is 0.0243. The predicted octanol–water partition coefficient (Wildman–Crippen LogP) is 4.61. The molecule has 1 heterocycles. The molecule has 1 aliphatic carbocycles. The van der Waals surface area contributed by atoms with Gasteiger partial charge in [0.05, 0.1) is 12.1 Å². The predicted molar refractivity (Wildman–Crippen MR) is 119 cm³/mol. The molecule has 2 N–H and O–H groups in total. The first-order valence-corrected chi connectivity index (χ1v) is 10.7. The molecular formula is C23H19ClN2O3S. The third kappa shape index (κ3) is 4.61. The van der Waals surface area contributed by atoms with Crippen LogP contribution in [-0.4, -0.2) is 28.0 Å². The Kier molecular flexibility index (Phi) is 5.97. The van der Waals surface area contributed by atoms with Gasteiger partial charge >= 0.3 is 5.97 Å². The average molecular weight is 439 g/mol. The van der Waals surface area contributed by atoms with Crippen LogP contribution in [-0.2, 0) is 22.4 Å². The van der Waals surface area contributed by atoms with Crippen molar-refractivity contribution in [1.29, 1.82) is 0 Å². The maximum Gasteiger partial charge on any atom is 0.326 e. The SMILES string of the molecule is O=C(Cc1csc(-c2cccc(Cl)c2)n1)N[C@@H](CC1=CCc2ccccc21)C(=O)O. The first kappa shape index (κ1) is 20.3. The first-order valence-electron chi connectivity index (χ1n) is 9.49. The maximum atomic E-state index is 12.5. The van der Waals surface area contributed by atoms with Crippen molar-refractivity contribution in [2.75, 3.05) is 0 Å². The van der Waals surface area contributed by atoms with Crippen molar-refractivity contribution < 1.29 is 14.7 Å². The van der Waals surface area contributed by atoms with Gasteiger partial charge in [-0.15, -0.1) is 11.3 Å². The normalized spacial score (nSPS) is 13.4. The summed E-state index contributed by atoms with van der Waals surface area (Å²) >= 11 is 7.45. The van der Waals surface area contributed by atoms with E-state index in [0.29, 0.717) is 10.7 Å². The van der Waals surface area contributed by atoms with Gasteiger partial charge in [0, 0.05) is 22.4 Å². The molecule has 1 amide bonds. The number of carbonyl (C=O) groups excluding carboxylic acids is 1. The molecule has 4 rings (SSSR count). The molecule has 0 fully saturated rings. The number of hydrogen-bond donors (Lipinski definition) is 2. The van der Waals surface area contributed by atoms with Gasteiger partial charge in [-0.25, -0.2) is 9.78 Å². The lowest BCUT2D eigenvalue weighted by Gasteiger charge is -2.16. The van der Waals surface area contributed by atoms with E-state index in [1.807, 2.05) is 48.5 Å². The fourth-order valence-corrected chi connectivity index (χ4v) is 4.53. The number of allylic oxidation sites excluding steroid dienone is 1. The van der Waals surface area contributed by atoms with E-state index in [9.17, 15) is 14.7 Å². The number of hydrogen-bond acceptors (Lipinski definition) is 4. The number of carbonyl (C=O) groups is 2. The molecule has 30 heavy (non-hydrogen) atoms. The lowest BCUT2D eigenvalue weighted by Crippen LogP contribution is -2.41. The smallest absolute Gasteiger partial charge is 0.326 e. The van der Waals surface area contributed by atoms with Crippen LogP contribution in [0, 0.1) is 0 Å². The van der Waals surface area contributed by atoms with E-state index in [1.165, 1.54) is 16.9 Å². The van der Waals surface area contributed by atoms with Gasteiger partial charge in [-0.3, -0.25) is 4.79 Å². The minimum Gasteiger partial charge on any atom is -0.480 e. The molecule has 0 saturated heterocycles. The molecule has 0 unspecified atom stereocenters. The van der Waals surface area contributed by atoms with Gasteiger partial charge in [0.2, 0.25) is 5.91 Å². The highest BCUT2D eigenvalue weighted by Crippen LogP contribution is 2.30. The quantitative estimate of drug-likeness (QED) is 0.564. The van der Waals surface area contributed by atoms with Crippen molar-refractivity contribution in [1.82, 2.24) is 10.3 Å². The Morgan fingerprint density at radius 2 is 2.03 bits per heavy atom. The zero-order chi connectivity index (χ0) is 21.1. The molecule has 0 aliphatic heterocycles. The zero-order valence-corrected chi connectivity index (χ0v) is 17.5. The Hall–Kier alpha value is -2.96. The molecule has 3 aromatic rings. The fraction of sp³-hybridized carbons (Fsp3) is 0.174. The molecule has 1 aliphatic rings. The second-order valence-corrected chi connectivity index (χ2v) is 8.38. The molecule has 7 heteroatoms. The third-order valence-corrected chi connectivity index (χ3v) is 6.13. The minimum atomic E-state index is -1.05. The van der Waals surface area contributed by atoms with Crippen LogP contribution in [0.4, 0.5) is 0 Å². The van der Waals surface area contributed by atoms with Crippen LogP contribution in [0.2, 0.25) is 5.02 Å². The van der Waals surface area contributed by atoms with Gasteiger partial charge in [-0.2, -0.15) is 0 Å². The van der Waals surface area contributed by atoms with E-state index in [2.05, 4.69) is 10.3 Å². The number of rotatable bonds is 7. The number of benzene rings is 2. The number of halogens is 1. The highest BCUT2D eigenvalue weighted by atomic mass is 35.5. The van der Waals surface area contributed by atoms with E-state index < -0.39 is 12.0 Å². The van der Waals surface area contributed by atoms with Crippen molar-refractivity contribution in [2.45, 2.75) is 25.3 Å². The molecule has 0 radical (unpaired) electrons. The number of fused-ring (bicyclic) bond motifs is 1. The van der Waals surface area contributed by atoms with E-state index >= 15 is 0 Å². The monoisotopic (exact) mass is 438 g/mol. The van der Waals surface area contributed by atoms with Gasteiger partial charge in [-0.05, 0) is 35.3 Å². The van der Waals surface area contributed by atoms with Crippen LogP contribution < -0.4 is 5.32 Å². The number of aromatic nitrogens is 1. The van der Waals surface area contributed by atoms with Crippen LogP contribution in [0.15, 0.2) is 60.0 Å². The van der Waals surface area contributed by atoms with Gasteiger partial charge in [0.15, 0.2) is 0 Å². The van der Waals surface area contributed by atoms with Crippen LogP contribution in [0.5, 0.6) is 0 Å². The topological polar surface area (TPSA) is 79.3 Å². The summed E-state index contributed by atoms with van der Waals surface area (Å²) in [5.41, 5.74) is 4.68. The summed E-state index contributed by atoms with van der Waals surface area (Å²) < 4.78 is 0. The number of amides is 1. The van der Waals surface area contributed by atoms with Gasteiger partial charge in [0.25, 0.3) is 0 Å². The second kappa shape index (κ2) is 8.81. The van der Waals surface area contributed by atoms with Crippen molar-refractivity contribution in [3.8, 4) is 10.6 Å². The summed E-state index contributed by atoms with van der Waals surface area (Å²) in [5, 5.41) is 15.4. The highest BCUT2D eigenvalue weighted by Gasteiger charge is 2.25. The Morgan fingerprint density at radius 1 is 1.20 bits per heavy atom. The summed E-state index contributed by atoms with van der Waals surface area (Å²) in [4.78, 5) is 28.7. The number of thiazole rings is 1. The van der Waals surface area contributed by atoms with Gasteiger partial charge in [0.1, 0.15) is 11.0 Å². The standard InChI is InChI=1S/C23H19ClN2O3S/c24-17-6-3-5-16(10-17)22-25-18(13-30-22)12-21(27)26-20(23(28)29)11-15-9-8-14-4-1-2-7-19(14)15/h1-7,9-10,13,20H,8,11-12H2,(H,26,27)(H,28,29)/t20-/m0/s1. The summed E-state index contributed by atoms with van der Waals surface area (Å²) in [5.74, 6) is -1.41. The Balaban J connectivity index is 1.40. The number of carboxylic acid groups (broad SMARTS) is 1. The molecule has 1 aromatic heterocycles. The Labute approximate surface area is 183 Å². The van der Waals surface area contributed by atoms with Crippen LogP contribution in [0.3, 0.4) is 0 Å². The number of aliphatic carboxylic acids is 1. The van der Waals surface area contributed by atoms with E-state index in [-0.39, 0.29) is 18.7 Å². The van der Waals surface area contributed by atoms with Crippen molar-refractivity contribution in [2.24, 2.45) is 0 Å². The van der Waals surface area contributed by atoms with Crippen molar-refractivity contribution in [3.63, 3.8) is 0 Å². The summed E-state index contributed by atoms with van der Waals surface area (Å²) in [6, 6.07) is 14.3. The van der Waals surface area contributed by atoms with E-state index in [4.69, 9.17) is 11.6 Å². The number of carboxylic acids is 1. The third-order valence-electron chi connectivity index (χ3n) is 4.95. The van der Waals surface area contributed by atoms with Crippen LogP contribution >= 0.6 is 22.9 Å². The lowest BCUT2D eigenvalue weighted by molar-refractivity contribution is -0.141. The molecule has 152 valence electrons. The zero-order valence-electron chi connectivity index (χ0n) is 16.0. The molecule has 1 atom stereocenters. The van der Waals surface area contributed by atoms with Gasteiger partial charge < -0.3 is 10.4 Å². The summed E-state index contributed by atoms with van der Waals surface area (Å²) in [7, 11) is 0. The second-order valence-electron chi connectivity index (χ2n) is 7.08. The maximum absolute atomic E-state index is 12.5. The molecule has 2 aromatic carbocycles. The van der Waals surface area contributed by atoms with Crippen LogP contribution in [0.25, 0.3) is 16.1 Å².